The second-order valence-electron chi connectivity index (χ2n) is 3.32. The molecular weight excluding hydrogens is 233 g/mol. The summed E-state index contributed by atoms with van der Waals surface area (Å²) in [7, 11) is 0. The normalized spacial score (nSPS) is 11.5. The van der Waals surface area contributed by atoms with Crippen LogP contribution in [0.2, 0.25) is 0 Å². The van der Waals surface area contributed by atoms with E-state index < -0.39 is 17.4 Å². The van der Waals surface area contributed by atoms with Crippen LogP contribution in [0.15, 0.2) is 47.5 Å². The van der Waals surface area contributed by atoms with Crippen molar-refractivity contribution < 1.29 is 13.2 Å². The summed E-state index contributed by atoms with van der Waals surface area (Å²) in [5.41, 5.74) is -1.48. The van der Waals surface area contributed by atoms with Crippen molar-refractivity contribution in [2.24, 2.45) is 0 Å². The predicted molar refractivity (Wildman–Crippen MR) is 54.8 cm³/mol. The van der Waals surface area contributed by atoms with Gasteiger partial charge >= 0.3 is 6.18 Å². The van der Waals surface area contributed by atoms with Crippen LogP contribution in [0.25, 0.3) is 5.69 Å². The van der Waals surface area contributed by atoms with E-state index in [1.807, 2.05) is 0 Å². The first-order valence-electron chi connectivity index (χ1n) is 4.70. The Morgan fingerprint density at radius 3 is 2.29 bits per heavy atom. The predicted octanol–water partition coefficient (Wildman–Crippen LogP) is 2.25. The number of aromatic nitrogens is 2. The Morgan fingerprint density at radius 1 is 1.12 bits per heavy atom. The van der Waals surface area contributed by atoms with Gasteiger partial charge in [-0.05, 0) is 12.1 Å². The Balaban J connectivity index is 2.51. The van der Waals surface area contributed by atoms with Crippen LogP contribution >= 0.6 is 0 Å². The topological polar surface area (TPSA) is 34.9 Å². The van der Waals surface area contributed by atoms with Crippen molar-refractivity contribution in [2.75, 3.05) is 0 Å². The molecule has 0 unspecified atom stereocenters. The summed E-state index contributed by atoms with van der Waals surface area (Å²) in [5.74, 6) is 0. The molecule has 1 aromatic heterocycles. The zero-order valence-corrected chi connectivity index (χ0v) is 8.48. The van der Waals surface area contributed by atoms with Crippen LogP contribution in [0, 0.1) is 0 Å². The molecule has 1 heterocycles. The third-order valence-corrected chi connectivity index (χ3v) is 2.13. The van der Waals surface area contributed by atoms with Crippen LogP contribution in [0.3, 0.4) is 0 Å². The van der Waals surface area contributed by atoms with E-state index in [0.717, 1.165) is 10.9 Å². The van der Waals surface area contributed by atoms with Crippen LogP contribution < -0.4 is 5.56 Å². The van der Waals surface area contributed by atoms with Gasteiger partial charge in [0, 0.05) is 6.07 Å². The van der Waals surface area contributed by atoms with E-state index >= 15 is 0 Å². The molecular formula is C11H7F3N2O. The van der Waals surface area contributed by atoms with E-state index in [1.165, 1.54) is 0 Å². The maximum atomic E-state index is 12.3. The van der Waals surface area contributed by atoms with E-state index in [2.05, 4.69) is 4.98 Å². The fourth-order valence-corrected chi connectivity index (χ4v) is 1.34. The third kappa shape index (κ3) is 2.35. The fourth-order valence-electron chi connectivity index (χ4n) is 1.34. The lowest BCUT2D eigenvalue weighted by atomic mass is 10.3. The number of hydrogen-bond acceptors (Lipinski definition) is 2. The summed E-state index contributed by atoms with van der Waals surface area (Å²) in [6.07, 6.45) is -3.73. The van der Waals surface area contributed by atoms with Crippen molar-refractivity contribution in [1.29, 1.82) is 0 Å². The van der Waals surface area contributed by atoms with Crippen LogP contribution in [-0.4, -0.2) is 9.55 Å². The number of rotatable bonds is 1. The van der Waals surface area contributed by atoms with Crippen molar-refractivity contribution in [1.82, 2.24) is 9.55 Å². The van der Waals surface area contributed by atoms with Gasteiger partial charge < -0.3 is 0 Å². The number of hydrogen-bond donors (Lipinski definition) is 0. The molecule has 0 saturated heterocycles. The second kappa shape index (κ2) is 4.04. The van der Waals surface area contributed by atoms with Gasteiger partial charge in [0.2, 0.25) is 0 Å². The maximum absolute atomic E-state index is 12.3. The smallest absolute Gasteiger partial charge is 0.269 e. The highest BCUT2D eigenvalue weighted by atomic mass is 19.4. The van der Waals surface area contributed by atoms with Crippen LogP contribution in [0.5, 0.6) is 0 Å². The van der Waals surface area contributed by atoms with E-state index in [0.29, 0.717) is 11.8 Å². The maximum Gasteiger partial charge on any atom is 0.433 e. The van der Waals surface area contributed by atoms with E-state index in [1.54, 1.807) is 30.3 Å². The number of halogens is 3. The van der Waals surface area contributed by atoms with Crippen molar-refractivity contribution in [3.63, 3.8) is 0 Å². The number of para-hydroxylation sites is 1. The molecule has 88 valence electrons. The molecule has 17 heavy (non-hydrogen) atoms. The van der Waals surface area contributed by atoms with Gasteiger partial charge in [-0.1, -0.05) is 18.2 Å². The summed E-state index contributed by atoms with van der Waals surface area (Å²) in [6, 6.07) is 8.80. The monoisotopic (exact) mass is 240 g/mol. The first kappa shape index (κ1) is 11.4. The lowest BCUT2D eigenvalue weighted by Gasteiger charge is -2.08. The highest BCUT2D eigenvalue weighted by molar-refractivity contribution is 5.31. The first-order chi connectivity index (χ1) is 7.98. The van der Waals surface area contributed by atoms with Crippen molar-refractivity contribution in [3.05, 3.63) is 58.8 Å². The molecule has 3 nitrogen and oxygen atoms in total. The molecule has 0 aliphatic rings. The SMILES string of the molecule is O=c1cc(C(F)(F)F)ncn1-c1ccccc1. The Labute approximate surface area is 94.2 Å². The third-order valence-electron chi connectivity index (χ3n) is 2.13. The Morgan fingerprint density at radius 2 is 1.76 bits per heavy atom. The number of nitrogens with zero attached hydrogens (tertiary/aromatic N) is 2. The number of alkyl halides is 3. The molecule has 0 aliphatic carbocycles. The zero-order chi connectivity index (χ0) is 12.5. The van der Waals surface area contributed by atoms with E-state index in [4.69, 9.17) is 0 Å². The molecule has 1 aromatic carbocycles. The van der Waals surface area contributed by atoms with Crippen molar-refractivity contribution in [2.45, 2.75) is 6.18 Å². The van der Waals surface area contributed by atoms with Gasteiger partial charge in [-0.3, -0.25) is 9.36 Å². The Kier molecular flexibility index (Phi) is 2.71. The molecule has 6 heteroatoms. The quantitative estimate of drug-likeness (QED) is 0.766. The lowest BCUT2D eigenvalue weighted by Crippen LogP contribution is -2.22. The molecule has 0 saturated carbocycles. The van der Waals surface area contributed by atoms with Gasteiger partial charge in [-0.2, -0.15) is 13.2 Å². The minimum atomic E-state index is -4.60. The number of benzene rings is 1. The minimum Gasteiger partial charge on any atom is -0.269 e. The Hall–Kier alpha value is -2.11. The highest BCUT2D eigenvalue weighted by Crippen LogP contribution is 2.26. The van der Waals surface area contributed by atoms with Gasteiger partial charge in [-0.15, -0.1) is 0 Å². The summed E-state index contributed by atoms with van der Waals surface area (Å²) in [6.45, 7) is 0. The molecule has 0 bridgehead atoms. The molecule has 2 rings (SSSR count). The van der Waals surface area contributed by atoms with Crippen LogP contribution in [0.4, 0.5) is 13.2 Å². The van der Waals surface area contributed by atoms with E-state index in [-0.39, 0.29) is 0 Å². The van der Waals surface area contributed by atoms with Crippen LogP contribution in [-0.2, 0) is 6.18 Å². The average molecular weight is 240 g/mol. The second-order valence-corrected chi connectivity index (χ2v) is 3.32. The lowest BCUT2D eigenvalue weighted by molar-refractivity contribution is -0.141. The van der Waals surface area contributed by atoms with Crippen molar-refractivity contribution in [3.8, 4) is 5.69 Å². The average Bonchev–Trinajstić information content (AvgIpc) is 2.29. The molecule has 2 aromatic rings. The first-order valence-corrected chi connectivity index (χ1v) is 4.70. The van der Waals surface area contributed by atoms with Gasteiger partial charge in [0.25, 0.3) is 5.56 Å². The van der Waals surface area contributed by atoms with Gasteiger partial charge in [0.1, 0.15) is 6.33 Å². The molecule has 0 aliphatic heterocycles. The fraction of sp³-hybridized carbons (Fsp3) is 0.0909. The van der Waals surface area contributed by atoms with Crippen LogP contribution in [0.1, 0.15) is 5.69 Å². The molecule has 0 spiro atoms. The van der Waals surface area contributed by atoms with Gasteiger partial charge in [0.15, 0.2) is 5.69 Å². The van der Waals surface area contributed by atoms with E-state index in [9.17, 15) is 18.0 Å². The molecule has 0 fully saturated rings. The molecule has 0 atom stereocenters. The summed E-state index contributed by atoms with van der Waals surface area (Å²) >= 11 is 0. The summed E-state index contributed by atoms with van der Waals surface area (Å²) < 4.78 is 37.9. The standard InChI is InChI=1S/C11H7F3N2O/c12-11(13,14)9-6-10(17)16(7-15-9)8-4-2-1-3-5-8/h1-7H. The van der Waals surface area contributed by atoms with Gasteiger partial charge in [-0.25, -0.2) is 4.98 Å². The molecule has 0 radical (unpaired) electrons. The minimum absolute atomic E-state index is 0.471. The Bertz CT molecular complexity index is 575. The summed E-state index contributed by atoms with van der Waals surface area (Å²) in [4.78, 5) is 14.7. The largest absolute Gasteiger partial charge is 0.433 e. The highest BCUT2D eigenvalue weighted by Gasteiger charge is 2.33. The summed E-state index contributed by atoms with van der Waals surface area (Å²) in [5, 5.41) is 0. The molecule has 0 amide bonds. The zero-order valence-electron chi connectivity index (χ0n) is 8.48. The molecule has 0 N–H and O–H groups in total. The van der Waals surface area contributed by atoms with Gasteiger partial charge in [0.05, 0.1) is 5.69 Å². The van der Waals surface area contributed by atoms with Crippen molar-refractivity contribution >= 4 is 0 Å².